The van der Waals surface area contributed by atoms with Crippen LogP contribution in [-0.4, -0.2) is 11.9 Å². The molecule has 0 aliphatic carbocycles. The van der Waals surface area contributed by atoms with Crippen molar-refractivity contribution in [2.75, 3.05) is 5.32 Å². The monoisotopic (exact) mass is 344 g/mol. The molecule has 2 atom stereocenters. The van der Waals surface area contributed by atoms with Crippen LogP contribution in [0.3, 0.4) is 0 Å². The molecule has 3 nitrogen and oxygen atoms in total. The van der Waals surface area contributed by atoms with Crippen LogP contribution in [-0.2, 0) is 4.79 Å². The van der Waals surface area contributed by atoms with Gasteiger partial charge in [-0.05, 0) is 31.0 Å². The normalized spacial score (nSPS) is 13.0. The van der Waals surface area contributed by atoms with Crippen LogP contribution in [0.2, 0.25) is 0 Å². The fourth-order valence-electron chi connectivity index (χ4n) is 2.99. The topological polar surface area (TPSA) is 41.1 Å². The van der Waals surface area contributed by atoms with E-state index in [1.165, 1.54) is 0 Å². The van der Waals surface area contributed by atoms with Crippen molar-refractivity contribution >= 4 is 11.6 Å². The van der Waals surface area contributed by atoms with Crippen molar-refractivity contribution in [1.29, 1.82) is 0 Å². The first kappa shape index (κ1) is 17.9. The van der Waals surface area contributed by atoms with Crippen LogP contribution in [0.4, 0.5) is 5.69 Å². The first-order valence-electron chi connectivity index (χ1n) is 8.91. The van der Waals surface area contributed by atoms with E-state index < -0.39 is 0 Å². The molecule has 3 heteroatoms. The summed E-state index contributed by atoms with van der Waals surface area (Å²) in [6, 6.07) is 27.9. The van der Waals surface area contributed by atoms with Gasteiger partial charge in [-0.15, -0.1) is 0 Å². The average Bonchev–Trinajstić information content (AvgIpc) is 2.69. The van der Waals surface area contributed by atoms with E-state index in [1.807, 2.05) is 79.7 Å². The first-order valence-corrected chi connectivity index (χ1v) is 8.91. The second-order valence-electron chi connectivity index (χ2n) is 6.42. The van der Waals surface area contributed by atoms with Crippen LogP contribution in [0.5, 0.6) is 0 Å². The van der Waals surface area contributed by atoms with Gasteiger partial charge in [-0.25, -0.2) is 0 Å². The van der Waals surface area contributed by atoms with Gasteiger partial charge in [0.1, 0.15) is 0 Å². The number of anilines is 1. The molecule has 0 aromatic heterocycles. The fourth-order valence-corrected chi connectivity index (χ4v) is 2.99. The molecule has 1 amide bonds. The first-order chi connectivity index (χ1) is 12.6. The maximum absolute atomic E-state index is 12.7. The Morgan fingerprint density at radius 3 is 2.04 bits per heavy atom. The standard InChI is InChI=1S/C23H24N2O/c1-17(19-11-5-3-6-12-19)24-18(2)23(26)25-22-16-10-9-15-21(22)20-13-7-4-8-14-20/h3-18,24H,1-2H3,(H,25,26)/t17-,18-/m1/s1. The molecule has 0 spiro atoms. The third-order valence-corrected chi connectivity index (χ3v) is 4.46. The minimum atomic E-state index is -0.311. The molecule has 0 saturated carbocycles. The zero-order valence-electron chi connectivity index (χ0n) is 15.1. The highest BCUT2D eigenvalue weighted by Gasteiger charge is 2.17. The lowest BCUT2D eigenvalue weighted by Crippen LogP contribution is -2.39. The van der Waals surface area contributed by atoms with E-state index >= 15 is 0 Å². The molecule has 0 saturated heterocycles. The number of hydrogen-bond acceptors (Lipinski definition) is 2. The molecule has 2 N–H and O–H groups in total. The molecule has 0 fully saturated rings. The number of carbonyl (C=O) groups is 1. The summed E-state index contributed by atoms with van der Waals surface area (Å²) in [7, 11) is 0. The Morgan fingerprint density at radius 2 is 1.35 bits per heavy atom. The number of rotatable bonds is 6. The van der Waals surface area contributed by atoms with Crippen molar-refractivity contribution in [3.63, 3.8) is 0 Å². The summed E-state index contributed by atoms with van der Waals surface area (Å²) in [4.78, 5) is 12.7. The highest BCUT2D eigenvalue weighted by Crippen LogP contribution is 2.27. The molecule has 3 aromatic carbocycles. The molecule has 0 radical (unpaired) electrons. The molecule has 0 unspecified atom stereocenters. The zero-order chi connectivity index (χ0) is 18.4. The maximum Gasteiger partial charge on any atom is 0.241 e. The van der Waals surface area contributed by atoms with Crippen LogP contribution >= 0.6 is 0 Å². The van der Waals surface area contributed by atoms with Crippen molar-refractivity contribution in [3.8, 4) is 11.1 Å². The van der Waals surface area contributed by atoms with Gasteiger partial charge in [0.15, 0.2) is 0 Å². The predicted molar refractivity (Wildman–Crippen MR) is 108 cm³/mol. The summed E-state index contributed by atoms with van der Waals surface area (Å²) in [5, 5.41) is 6.43. The Labute approximate surface area is 155 Å². The van der Waals surface area contributed by atoms with Crippen LogP contribution in [0, 0.1) is 0 Å². The lowest BCUT2D eigenvalue weighted by molar-refractivity contribution is -0.117. The van der Waals surface area contributed by atoms with Crippen molar-refractivity contribution < 1.29 is 4.79 Å². The Balaban J connectivity index is 1.70. The van der Waals surface area contributed by atoms with E-state index in [9.17, 15) is 4.79 Å². The Hall–Kier alpha value is -2.91. The van der Waals surface area contributed by atoms with Gasteiger partial charge in [-0.2, -0.15) is 0 Å². The highest BCUT2D eigenvalue weighted by molar-refractivity contribution is 5.98. The summed E-state index contributed by atoms with van der Waals surface area (Å²) in [5.41, 5.74) is 4.09. The third-order valence-electron chi connectivity index (χ3n) is 4.46. The summed E-state index contributed by atoms with van der Waals surface area (Å²) < 4.78 is 0. The molecule has 0 bridgehead atoms. The van der Waals surface area contributed by atoms with Crippen LogP contribution in [0.15, 0.2) is 84.9 Å². The van der Waals surface area contributed by atoms with Crippen molar-refractivity contribution in [3.05, 3.63) is 90.5 Å². The molecule has 0 aliphatic heterocycles. The van der Waals surface area contributed by atoms with E-state index in [0.717, 1.165) is 22.4 Å². The molecule has 0 heterocycles. The summed E-state index contributed by atoms with van der Waals surface area (Å²) in [6.45, 7) is 3.96. The van der Waals surface area contributed by atoms with E-state index in [1.54, 1.807) is 0 Å². The second-order valence-corrected chi connectivity index (χ2v) is 6.42. The number of carbonyl (C=O) groups excluding carboxylic acids is 1. The second kappa shape index (κ2) is 8.45. The third kappa shape index (κ3) is 4.38. The molecule has 26 heavy (non-hydrogen) atoms. The predicted octanol–water partition coefficient (Wildman–Crippen LogP) is 5.03. The SMILES string of the molecule is C[C@@H](N[C@H](C)c1ccccc1)C(=O)Nc1ccccc1-c1ccccc1. The lowest BCUT2D eigenvalue weighted by atomic mass is 10.0. The van der Waals surface area contributed by atoms with Crippen LogP contribution in [0.25, 0.3) is 11.1 Å². The smallest absolute Gasteiger partial charge is 0.241 e. The van der Waals surface area contributed by atoms with Crippen molar-refractivity contribution in [1.82, 2.24) is 5.32 Å². The number of amides is 1. The van der Waals surface area contributed by atoms with Crippen molar-refractivity contribution in [2.24, 2.45) is 0 Å². The summed E-state index contributed by atoms with van der Waals surface area (Å²) in [6.07, 6.45) is 0. The highest BCUT2D eigenvalue weighted by atomic mass is 16.2. The number of hydrogen-bond donors (Lipinski definition) is 2. The summed E-state index contributed by atoms with van der Waals surface area (Å²) in [5.74, 6) is -0.0452. The van der Waals surface area contributed by atoms with Gasteiger partial charge in [0.25, 0.3) is 0 Å². The zero-order valence-corrected chi connectivity index (χ0v) is 15.1. The van der Waals surface area contributed by atoms with Gasteiger partial charge in [0.2, 0.25) is 5.91 Å². The van der Waals surface area contributed by atoms with Crippen LogP contribution < -0.4 is 10.6 Å². The van der Waals surface area contributed by atoms with Crippen LogP contribution in [0.1, 0.15) is 25.5 Å². The molecule has 3 rings (SSSR count). The van der Waals surface area contributed by atoms with Gasteiger partial charge in [-0.1, -0.05) is 78.9 Å². The number of nitrogens with one attached hydrogen (secondary N) is 2. The Morgan fingerprint density at radius 1 is 0.769 bits per heavy atom. The number of para-hydroxylation sites is 1. The Bertz CT molecular complexity index is 846. The van der Waals surface area contributed by atoms with Gasteiger partial charge < -0.3 is 5.32 Å². The van der Waals surface area contributed by atoms with E-state index in [0.29, 0.717) is 0 Å². The van der Waals surface area contributed by atoms with Gasteiger partial charge in [0.05, 0.1) is 6.04 Å². The van der Waals surface area contributed by atoms with Gasteiger partial charge in [-0.3, -0.25) is 10.1 Å². The molecule has 3 aromatic rings. The minimum absolute atomic E-state index is 0.0452. The van der Waals surface area contributed by atoms with Crippen molar-refractivity contribution in [2.45, 2.75) is 25.9 Å². The molecule has 132 valence electrons. The fraction of sp³-hybridized carbons (Fsp3) is 0.174. The average molecular weight is 344 g/mol. The Kier molecular flexibility index (Phi) is 5.82. The lowest BCUT2D eigenvalue weighted by Gasteiger charge is -2.21. The largest absolute Gasteiger partial charge is 0.324 e. The van der Waals surface area contributed by atoms with Gasteiger partial charge >= 0.3 is 0 Å². The number of benzene rings is 3. The van der Waals surface area contributed by atoms with Gasteiger partial charge in [0, 0.05) is 17.3 Å². The van der Waals surface area contributed by atoms with E-state index in [4.69, 9.17) is 0 Å². The minimum Gasteiger partial charge on any atom is -0.324 e. The molecular formula is C23H24N2O. The quantitative estimate of drug-likeness (QED) is 0.658. The maximum atomic E-state index is 12.7. The molecule has 0 aliphatic rings. The summed E-state index contributed by atoms with van der Waals surface area (Å²) >= 11 is 0. The molecular weight excluding hydrogens is 320 g/mol. The van der Waals surface area contributed by atoms with E-state index in [-0.39, 0.29) is 18.0 Å². The van der Waals surface area contributed by atoms with E-state index in [2.05, 4.69) is 29.7 Å².